The molecule has 0 radical (unpaired) electrons. The minimum Gasteiger partial charge on any atom is -0.504 e. The van der Waals surface area contributed by atoms with Gasteiger partial charge in [-0.15, -0.1) is 0 Å². The second-order valence-corrected chi connectivity index (χ2v) is 6.60. The number of benzene rings is 1. The maximum Gasteiger partial charge on any atom is 0.160 e. The first kappa shape index (κ1) is 14.7. The zero-order valence-electron chi connectivity index (χ0n) is 13.2. The van der Waals surface area contributed by atoms with Crippen LogP contribution in [0.1, 0.15) is 57.1 Å². The van der Waals surface area contributed by atoms with Crippen LogP contribution in [-0.4, -0.2) is 29.7 Å². The molecule has 1 heterocycles. The highest BCUT2D eigenvalue weighted by Crippen LogP contribution is 2.40. The van der Waals surface area contributed by atoms with Crippen molar-refractivity contribution < 1.29 is 9.84 Å². The molecule has 3 rings (SSSR count). The van der Waals surface area contributed by atoms with Crippen LogP contribution in [0.2, 0.25) is 0 Å². The molecule has 0 aromatic heterocycles. The fourth-order valence-corrected chi connectivity index (χ4v) is 4.29. The van der Waals surface area contributed by atoms with Crippen molar-refractivity contribution in [2.45, 2.75) is 57.5 Å². The zero-order chi connectivity index (χ0) is 14.8. The first-order valence-corrected chi connectivity index (χ1v) is 8.33. The smallest absolute Gasteiger partial charge is 0.160 e. The molecule has 0 amide bonds. The van der Waals surface area contributed by atoms with Gasteiger partial charge in [-0.2, -0.15) is 0 Å². The van der Waals surface area contributed by atoms with E-state index in [1.54, 1.807) is 13.2 Å². The summed E-state index contributed by atoms with van der Waals surface area (Å²) in [6.45, 7) is 3.49. The normalized spacial score (nSPS) is 25.3. The second-order valence-electron chi connectivity index (χ2n) is 6.60. The quantitative estimate of drug-likeness (QED) is 0.905. The van der Waals surface area contributed by atoms with Crippen molar-refractivity contribution in [3.63, 3.8) is 0 Å². The average Bonchev–Trinajstić information content (AvgIpc) is 3.17. The van der Waals surface area contributed by atoms with Gasteiger partial charge in [0.25, 0.3) is 0 Å². The first-order chi connectivity index (χ1) is 10.2. The van der Waals surface area contributed by atoms with Gasteiger partial charge in [0.05, 0.1) is 7.11 Å². The highest BCUT2D eigenvalue weighted by Gasteiger charge is 2.35. The Hall–Kier alpha value is -1.22. The molecule has 2 atom stereocenters. The van der Waals surface area contributed by atoms with Gasteiger partial charge in [0, 0.05) is 12.1 Å². The van der Waals surface area contributed by atoms with E-state index in [4.69, 9.17) is 4.74 Å². The lowest BCUT2D eigenvalue weighted by Crippen LogP contribution is -2.36. The van der Waals surface area contributed by atoms with E-state index < -0.39 is 0 Å². The van der Waals surface area contributed by atoms with E-state index in [1.807, 2.05) is 12.1 Å². The van der Waals surface area contributed by atoms with Crippen molar-refractivity contribution in [3.8, 4) is 11.5 Å². The molecular formula is C18H27NO2. The van der Waals surface area contributed by atoms with Crippen LogP contribution < -0.4 is 4.74 Å². The third-order valence-electron chi connectivity index (χ3n) is 5.47. The summed E-state index contributed by atoms with van der Waals surface area (Å²) >= 11 is 0. The molecule has 116 valence electrons. The van der Waals surface area contributed by atoms with Crippen molar-refractivity contribution in [1.82, 2.24) is 4.90 Å². The van der Waals surface area contributed by atoms with E-state index in [0.717, 1.165) is 12.0 Å². The number of nitrogens with zero attached hydrogens (tertiary/aromatic N) is 1. The third kappa shape index (κ3) is 2.89. The van der Waals surface area contributed by atoms with E-state index >= 15 is 0 Å². The summed E-state index contributed by atoms with van der Waals surface area (Å²) in [5.41, 5.74) is 1.24. The molecule has 0 spiro atoms. The molecule has 1 saturated carbocycles. The second kappa shape index (κ2) is 6.27. The van der Waals surface area contributed by atoms with Gasteiger partial charge in [0.1, 0.15) is 0 Å². The van der Waals surface area contributed by atoms with Crippen LogP contribution in [0.25, 0.3) is 0 Å². The number of phenolic OH excluding ortho intramolecular Hbond substituents is 1. The van der Waals surface area contributed by atoms with Crippen molar-refractivity contribution in [2.75, 3.05) is 13.7 Å². The van der Waals surface area contributed by atoms with E-state index in [1.165, 1.54) is 50.6 Å². The van der Waals surface area contributed by atoms with Crippen LogP contribution in [-0.2, 0) is 0 Å². The van der Waals surface area contributed by atoms with Crippen LogP contribution in [0.5, 0.6) is 11.5 Å². The number of phenols is 1. The fourth-order valence-electron chi connectivity index (χ4n) is 4.29. The average molecular weight is 289 g/mol. The Morgan fingerprint density at radius 2 is 1.95 bits per heavy atom. The first-order valence-electron chi connectivity index (χ1n) is 8.33. The number of hydrogen-bond donors (Lipinski definition) is 1. The molecule has 2 aliphatic rings. The summed E-state index contributed by atoms with van der Waals surface area (Å²) in [6, 6.07) is 6.93. The molecular weight excluding hydrogens is 262 g/mol. The largest absolute Gasteiger partial charge is 0.504 e. The number of likely N-dealkylation sites (tertiary alicyclic amines) is 1. The summed E-state index contributed by atoms with van der Waals surface area (Å²) in [5.74, 6) is 1.70. The van der Waals surface area contributed by atoms with Crippen LogP contribution in [0.15, 0.2) is 18.2 Å². The van der Waals surface area contributed by atoms with Gasteiger partial charge in [0.15, 0.2) is 11.5 Å². The molecule has 1 aromatic carbocycles. The predicted molar refractivity (Wildman–Crippen MR) is 84.8 cm³/mol. The molecule has 2 fully saturated rings. The maximum atomic E-state index is 9.77. The Morgan fingerprint density at radius 3 is 2.67 bits per heavy atom. The Balaban J connectivity index is 1.78. The number of ether oxygens (including phenoxy) is 1. The molecule has 21 heavy (non-hydrogen) atoms. The van der Waals surface area contributed by atoms with Crippen molar-refractivity contribution in [3.05, 3.63) is 23.8 Å². The molecule has 1 aliphatic heterocycles. The minimum absolute atomic E-state index is 0.224. The molecule has 1 aromatic rings. The summed E-state index contributed by atoms with van der Waals surface area (Å²) in [4.78, 5) is 2.68. The van der Waals surface area contributed by atoms with Gasteiger partial charge in [0.2, 0.25) is 0 Å². The highest BCUT2D eigenvalue weighted by molar-refractivity contribution is 5.42. The van der Waals surface area contributed by atoms with Gasteiger partial charge >= 0.3 is 0 Å². The zero-order valence-corrected chi connectivity index (χ0v) is 13.2. The topological polar surface area (TPSA) is 32.7 Å². The number of hydrogen-bond acceptors (Lipinski definition) is 3. The van der Waals surface area contributed by atoms with Crippen LogP contribution in [0.4, 0.5) is 0 Å². The molecule has 3 heteroatoms. The maximum absolute atomic E-state index is 9.77. The van der Waals surface area contributed by atoms with Gasteiger partial charge in [-0.25, -0.2) is 0 Å². The van der Waals surface area contributed by atoms with Crippen molar-refractivity contribution in [1.29, 1.82) is 0 Å². The SMILES string of the molecule is COc1cc(C(C)N2CCCC2C2CCCC2)ccc1O. The Morgan fingerprint density at radius 1 is 1.19 bits per heavy atom. The summed E-state index contributed by atoms with van der Waals surface area (Å²) in [5, 5.41) is 9.77. The van der Waals surface area contributed by atoms with Crippen LogP contribution in [0.3, 0.4) is 0 Å². The Kier molecular flexibility index (Phi) is 4.39. The summed E-state index contributed by atoms with van der Waals surface area (Å²) in [7, 11) is 1.61. The molecule has 2 unspecified atom stereocenters. The molecule has 0 bridgehead atoms. The van der Waals surface area contributed by atoms with Crippen molar-refractivity contribution in [2.24, 2.45) is 5.92 Å². The van der Waals surface area contributed by atoms with Gasteiger partial charge in [-0.3, -0.25) is 4.90 Å². The third-order valence-corrected chi connectivity index (χ3v) is 5.47. The number of rotatable bonds is 4. The van der Waals surface area contributed by atoms with Gasteiger partial charge in [-0.1, -0.05) is 18.9 Å². The predicted octanol–water partition coefficient (Wildman–Crippen LogP) is 4.12. The van der Waals surface area contributed by atoms with Crippen LogP contribution in [0, 0.1) is 5.92 Å². The van der Waals surface area contributed by atoms with E-state index in [2.05, 4.69) is 11.8 Å². The minimum atomic E-state index is 0.224. The van der Waals surface area contributed by atoms with Crippen molar-refractivity contribution >= 4 is 0 Å². The molecule has 1 aliphatic carbocycles. The summed E-state index contributed by atoms with van der Waals surface area (Å²) < 4.78 is 5.26. The standard InChI is InChI=1S/C18H27NO2/c1-13(15-9-10-17(20)18(12-15)21-2)19-11-5-8-16(19)14-6-3-4-7-14/h9-10,12-14,16,20H,3-8,11H2,1-2H3. The highest BCUT2D eigenvalue weighted by atomic mass is 16.5. The lowest BCUT2D eigenvalue weighted by atomic mass is 9.94. The lowest BCUT2D eigenvalue weighted by Gasteiger charge is -2.34. The van der Waals surface area contributed by atoms with E-state index in [0.29, 0.717) is 11.8 Å². The Bertz CT molecular complexity index is 482. The Labute approximate surface area is 127 Å². The van der Waals surface area contributed by atoms with Gasteiger partial charge in [-0.05, 0) is 62.8 Å². The van der Waals surface area contributed by atoms with Gasteiger partial charge < -0.3 is 9.84 Å². The number of methoxy groups -OCH3 is 1. The molecule has 1 N–H and O–H groups in total. The molecule has 1 saturated heterocycles. The monoisotopic (exact) mass is 289 g/mol. The van der Waals surface area contributed by atoms with Crippen LogP contribution >= 0.6 is 0 Å². The number of aromatic hydroxyl groups is 1. The lowest BCUT2D eigenvalue weighted by molar-refractivity contribution is 0.144. The van der Waals surface area contributed by atoms with E-state index in [9.17, 15) is 5.11 Å². The van der Waals surface area contributed by atoms with E-state index in [-0.39, 0.29) is 5.75 Å². The summed E-state index contributed by atoms with van der Waals surface area (Å²) in [6.07, 6.45) is 8.32. The fraction of sp³-hybridized carbons (Fsp3) is 0.667. The molecule has 3 nitrogen and oxygen atoms in total.